The maximum absolute atomic E-state index is 9.39. The summed E-state index contributed by atoms with van der Waals surface area (Å²) in [6.45, 7) is 2.19. The van der Waals surface area contributed by atoms with E-state index in [1.807, 2.05) is 11.8 Å². The van der Waals surface area contributed by atoms with Crippen molar-refractivity contribution < 1.29 is 5.11 Å². The number of hydrogen-bond donors (Lipinski definition) is 1. The Balaban J connectivity index is 2.14. The zero-order chi connectivity index (χ0) is 7.40. The maximum Gasteiger partial charge on any atom is 0.0658 e. The average Bonchev–Trinajstić information content (AvgIpc) is 2.31. The minimum atomic E-state index is -0.00319. The Morgan fingerprint density at radius 2 is 2.30 bits per heavy atom. The van der Waals surface area contributed by atoms with Crippen LogP contribution in [0, 0.1) is 0 Å². The topological polar surface area (TPSA) is 20.2 Å². The third-order valence-corrected chi connectivity index (χ3v) is 3.58. The Labute approximate surface area is 67.2 Å². The van der Waals surface area contributed by atoms with Gasteiger partial charge in [0.25, 0.3) is 0 Å². The van der Waals surface area contributed by atoms with Gasteiger partial charge in [0.15, 0.2) is 0 Å². The molecular weight excluding hydrogens is 144 g/mol. The highest BCUT2D eigenvalue weighted by atomic mass is 32.2. The number of hydrogen-bond acceptors (Lipinski definition) is 2. The summed E-state index contributed by atoms with van der Waals surface area (Å²) in [4.78, 5) is 0. The molecule has 0 heterocycles. The minimum absolute atomic E-state index is 0.00319. The molecule has 0 saturated heterocycles. The molecule has 1 aliphatic rings. The molecule has 1 saturated carbocycles. The van der Waals surface area contributed by atoms with Crippen molar-refractivity contribution >= 4 is 11.8 Å². The lowest BCUT2D eigenvalue weighted by atomic mass is 10.3. The van der Waals surface area contributed by atoms with Crippen molar-refractivity contribution in [3.8, 4) is 0 Å². The van der Waals surface area contributed by atoms with Gasteiger partial charge in [0, 0.05) is 5.25 Å². The fourth-order valence-electron chi connectivity index (χ4n) is 1.37. The zero-order valence-corrected chi connectivity index (χ0v) is 7.36. The first-order valence-corrected chi connectivity index (χ1v) is 5.19. The highest BCUT2D eigenvalue weighted by Crippen LogP contribution is 2.29. The van der Waals surface area contributed by atoms with E-state index in [-0.39, 0.29) is 6.10 Å². The second-order valence-corrected chi connectivity index (χ2v) is 4.25. The Bertz CT molecular complexity index is 95.3. The number of aliphatic hydroxyl groups excluding tert-OH is 1. The van der Waals surface area contributed by atoms with Crippen LogP contribution in [0.2, 0.25) is 0 Å². The van der Waals surface area contributed by atoms with Gasteiger partial charge in [-0.25, -0.2) is 0 Å². The monoisotopic (exact) mass is 160 g/mol. The van der Waals surface area contributed by atoms with E-state index in [4.69, 9.17) is 0 Å². The Morgan fingerprint density at radius 1 is 1.50 bits per heavy atom. The largest absolute Gasteiger partial charge is 0.392 e. The van der Waals surface area contributed by atoms with Crippen LogP contribution < -0.4 is 0 Å². The van der Waals surface area contributed by atoms with E-state index < -0.39 is 0 Å². The van der Waals surface area contributed by atoms with Gasteiger partial charge in [0.05, 0.1) is 6.10 Å². The van der Waals surface area contributed by atoms with Crippen molar-refractivity contribution in [1.82, 2.24) is 0 Å². The second-order valence-electron chi connectivity index (χ2n) is 2.91. The van der Waals surface area contributed by atoms with Crippen LogP contribution >= 0.6 is 11.8 Å². The molecule has 1 aliphatic carbocycles. The second kappa shape index (κ2) is 4.24. The molecule has 0 amide bonds. The van der Waals surface area contributed by atoms with Crippen LogP contribution in [-0.4, -0.2) is 22.2 Å². The zero-order valence-electron chi connectivity index (χ0n) is 6.55. The fraction of sp³-hybridized carbons (Fsp3) is 1.00. The molecule has 2 atom stereocenters. The first kappa shape index (κ1) is 8.41. The molecule has 1 nitrogen and oxygen atoms in total. The van der Waals surface area contributed by atoms with Crippen LogP contribution in [0.3, 0.4) is 0 Å². The quantitative estimate of drug-likeness (QED) is 0.682. The smallest absolute Gasteiger partial charge is 0.0658 e. The summed E-state index contributed by atoms with van der Waals surface area (Å²) < 4.78 is 0. The first-order chi connectivity index (χ1) is 4.84. The molecule has 0 bridgehead atoms. The van der Waals surface area contributed by atoms with Crippen molar-refractivity contribution in [3.05, 3.63) is 0 Å². The van der Waals surface area contributed by atoms with Crippen LogP contribution in [0.1, 0.15) is 32.6 Å². The molecule has 0 aromatic carbocycles. The normalized spacial score (nSPS) is 33.0. The van der Waals surface area contributed by atoms with Gasteiger partial charge >= 0.3 is 0 Å². The third kappa shape index (κ3) is 2.17. The van der Waals surface area contributed by atoms with Crippen LogP contribution in [0.25, 0.3) is 0 Å². The van der Waals surface area contributed by atoms with Gasteiger partial charge in [-0.1, -0.05) is 6.92 Å². The van der Waals surface area contributed by atoms with Crippen molar-refractivity contribution in [2.45, 2.75) is 44.0 Å². The van der Waals surface area contributed by atoms with Gasteiger partial charge in [-0.15, -0.1) is 0 Å². The molecule has 0 aromatic heterocycles. The van der Waals surface area contributed by atoms with Crippen molar-refractivity contribution in [2.24, 2.45) is 0 Å². The lowest BCUT2D eigenvalue weighted by Crippen LogP contribution is -2.15. The molecule has 0 radical (unpaired) electrons. The summed E-state index contributed by atoms with van der Waals surface area (Å²) in [5.41, 5.74) is 0. The van der Waals surface area contributed by atoms with E-state index in [9.17, 15) is 5.11 Å². The summed E-state index contributed by atoms with van der Waals surface area (Å²) in [6, 6.07) is 0. The van der Waals surface area contributed by atoms with Crippen molar-refractivity contribution in [3.63, 3.8) is 0 Å². The number of thioether (sulfide) groups is 1. The minimum Gasteiger partial charge on any atom is -0.392 e. The molecule has 1 N–H and O–H groups in total. The van der Waals surface area contributed by atoms with Gasteiger partial charge in [-0.2, -0.15) is 11.8 Å². The van der Waals surface area contributed by atoms with Gasteiger partial charge in [0.1, 0.15) is 0 Å². The standard InChI is InChI=1S/C8H16OS/c1-2-6-10-8-5-3-4-7(8)9/h7-9H,2-6H2,1H3/t7-,8-/m0/s1. The summed E-state index contributed by atoms with van der Waals surface area (Å²) in [5, 5.41) is 9.95. The predicted octanol–water partition coefficient (Wildman–Crippen LogP) is 2.04. The lowest BCUT2D eigenvalue weighted by molar-refractivity contribution is 0.188. The van der Waals surface area contributed by atoms with Crippen LogP contribution in [0.5, 0.6) is 0 Å². The molecule has 0 aliphatic heterocycles. The van der Waals surface area contributed by atoms with Crippen LogP contribution in [0.4, 0.5) is 0 Å². The highest BCUT2D eigenvalue weighted by molar-refractivity contribution is 7.99. The third-order valence-electron chi connectivity index (χ3n) is 1.95. The molecular formula is C8H16OS. The van der Waals surface area contributed by atoms with E-state index in [0.717, 1.165) is 6.42 Å². The van der Waals surface area contributed by atoms with E-state index in [1.54, 1.807) is 0 Å². The molecule has 1 rings (SSSR count). The maximum atomic E-state index is 9.39. The number of rotatable bonds is 3. The summed E-state index contributed by atoms with van der Waals surface area (Å²) in [7, 11) is 0. The predicted molar refractivity (Wildman–Crippen MR) is 46.4 cm³/mol. The van der Waals surface area contributed by atoms with Crippen molar-refractivity contribution in [2.75, 3.05) is 5.75 Å². The lowest BCUT2D eigenvalue weighted by Gasteiger charge is -2.12. The molecule has 60 valence electrons. The van der Waals surface area contributed by atoms with E-state index in [2.05, 4.69) is 6.92 Å². The van der Waals surface area contributed by atoms with Gasteiger partial charge in [-0.05, 0) is 31.4 Å². The Hall–Kier alpha value is 0.310. The Kier molecular flexibility index (Phi) is 3.57. The van der Waals surface area contributed by atoms with Gasteiger partial charge < -0.3 is 5.11 Å². The molecule has 0 unspecified atom stereocenters. The molecule has 1 fully saturated rings. The van der Waals surface area contributed by atoms with Crippen LogP contribution in [0.15, 0.2) is 0 Å². The average molecular weight is 160 g/mol. The number of aliphatic hydroxyl groups is 1. The molecule has 0 spiro atoms. The van der Waals surface area contributed by atoms with E-state index in [1.165, 1.54) is 25.0 Å². The SMILES string of the molecule is CCCS[C@H]1CCC[C@@H]1O. The Morgan fingerprint density at radius 3 is 2.80 bits per heavy atom. The molecule has 0 aromatic rings. The highest BCUT2D eigenvalue weighted by Gasteiger charge is 2.24. The van der Waals surface area contributed by atoms with Gasteiger partial charge in [0.2, 0.25) is 0 Å². The van der Waals surface area contributed by atoms with E-state index >= 15 is 0 Å². The van der Waals surface area contributed by atoms with Gasteiger partial charge in [-0.3, -0.25) is 0 Å². The fourth-order valence-corrected chi connectivity index (χ4v) is 2.60. The summed E-state index contributed by atoms with van der Waals surface area (Å²) in [6.07, 6.45) is 4.71. The molecule has 2 heteroatoms. The summed E-state index contributed by atoms with van der Waals surface area (Å²) in [5.74, 6) is 1.21. The molecule has 10 heavy (non-hydrogen) atoms. The van der Waals surface area contributed by atoms with Crippen LogP contribution in [-0.2, 0) is 0 Å². The van der Waals surface area contributed by atoms with E-state index in [0.29, 0.717) is 5.25 Å². The first-order valence-electron chi connectivity index (χ1n) is 4.14. The van der Waals surface area contributed by atoms with Crippen molar-refractivity contribution in [1.29, 1.82) is 0 Å². The summed E-state index contributed by atoms with van der Waals surface area (Å²) >= 11 is 1.94.